The number of aryl methyl sites for hydroxylation is 2. The lowest BCUT2D eigenvalue weighted by molar-refractivity contribution is -0.123. The maximum Gasteiger partial charge on any atom is 0.258 e. The molecule has 30 heavy (non-hydrogen) atoms. The van der Waals surface area contributed by atoms with Crippen molar-refractivity contribution >= 4 is 23.2 Å². The Labute approximate surface area is 180 Å². The number of primary amides is 1. The van der Waals surface area contributed by atoms with Crippen LogP contribution in [0.25, 0.3) is 10.6 Å². The largest absolute Gasteiger partial charge is 0.484 e. The minimum atomic E-state index is -0.388. The smallest absolute Gasteiger partial charge is 0.258 e. The van der Waals surface area contributed by atoms with Crippen LogP contribution in [0.1, 0.15) is 34.7 Å². The van der Waals surface area contributed by atoms with Gasteiger partial charge in [-0.1, -0.05) is 42.0 Å². The fourth-order valence-corrected chi connectivity index (χ4v) is 4.11. The highest BCUT2D eigenvalue weighted by Gasteiger charge is 2.17. The fraction of sp³-hybridized carbons (Fsp3) is 0.261. The van der Waals surface area contributed by atoms with Crippen molar-refractivity contribution in [1.29, 1.82) is 0 Å². The van der Waals surface area contributed by atoms with Gasteiger partial charge < -0.3 is 15.8 Å². The molecule has 2 amide bonds. The molecule has 1 atom stereocenters. The molecule has 0 spiro atoms. The molecule has 0 aliphatic heterocycles. The van der Waals surface area contributed by atoms with Crippen LogP contribution in [0.15, 0.2) is 48.5 Å². The van der Waals surface area contributed by atoms with Crippen molar-refractivity contribution in [3.05, 3.63) is 70.2 Å². The molecule has 3 rings (SSSR count). The predicted molar refractivity (Wildman–Crippen MR) is 118 cm³/mol. The number of rotatable bonds is 8. The van der Waals surface area contributed by atoms with Crippen molar-refractivity contribution in [2.24, 2.45) is 5.73 Å². The zero-order chi connectivity index (χ0) is 21.7. The maximum absolute atomic E-state index is 12.3. The van der Waals surface area contributed by atoms with E-state index in [1.165, 1.54) is 5.56 Å². The van der Waals surface area contributed by atoms with Gasteiger partial charge in [0.05, 0.1) is 23.0 Å². The summed E-state index contributed by atoms with van der Waals surface area (Å²) in [6, 6.07) is 15.0. The van der Waals surface area contributed by atoms with E-state index < -0.39 is 0 Å². The van der Waals surface area contributed by atoms with E-state index in [0.717, 1.165) is 26.7 Å². The average Bonchev–Trinajstić information content (AvgIpc) is 3.09. The molecule has 0 bridgehead atoms. The lowest BCUT2D eigenvalue weighted by Crippen LogP contribution is -2.31. The number of nitrogens with zero attached hydrogens (tertiary/aromatic N) is 1. The standard InChI is InChI=1S/C23H25N3O3S/c1-14-4-8-18(9-5-14)23-26-16(3)22(30-23)15(2)25-21(28)13-29-19-10-6-17(7-11-19)12-20(24)27/h4-11,15H,12-13H2,1-3H3,(H2,24,27)(H,25,28). The molecule has 3 N–H and O–H groups in total. The molecule has 156 valence electrons. The van der Waals surface area contributed by atoms with Crippen molar-refractivity contribution in [2.75, 3.05) is 6.61 Å². The highest BCUT2D eigenvalue weighted by atomic mass is 32.1. The minimum Gasteiger partial charge on any atom is -0.484 e. The molecule has 0 saturated carbocycles. The summed E-state index contributed by atoms with van der Waals surface area (Å²) in [6.07, 6.45) is 0.178. The molecule has 1 unspecified atom stereocenters. The first-order valence-corrected chi connectivity index (χ1v) is 10.5. The molecule has 0 saturated heterocycles. The Bertz CT molecular complexity index is 1030. The molecule has 1 heterocycles. The summed E-state index contributed by atoms with van der Waals surface area (Å²) in [5, 5.41) is 3.90. The van der Waals surface area contributed by atoms with Gasteiger partial charge >= 0.3 is 0 Å². The van der Waals surface area contributed by atoms with E-state index in [-0.39, 0.29) is 30.9 Å². The molecule has 0 aliphatic carbocycles. The first-order chi connectivity index (χ1) is 14.3. The van der Waals surface area contributed by atoms with Gasteiger partial charge in [0.15, 0.2) is 6.61 Å². The second kappa shape index (κ2) is 9.54. The Kier molecular flexibility index (Phi) is 6.84. The highest BCUT2D eigenvalue weighted by molar-refractivity contribution is 7.15. The highest BCUT2D eigenvalue weighted by Crippen LogP contribution is 2.31. The molecule has 0 aliphatic rings. The molecule has 1 aromatic heterocycles. The fourth-order valence-electron chi connectivity index (χ4n) is 3.03. The van der Waals surface area contributed by atoms with Crippen LogP contribution in [0.2, 0.25) is 0 Å². The van der Waals surface area contributed by atoms with Crippen LogP contribution in [0.4, 0.5) is 0 Å². The zero-order valence-electron chi connectivity index (χ0n) is 17.3. The van der Waals surface area contributed by atoms with Crippen molar-refractivity contribution < 1.29 is 14.3 Å². The van der Waals surface area contributed by atoms with Gasteiger partial charge in [0, 0.05) is 5.56 Å². The Hall–Kier alpha value is -3.19. The summed E-state index contributed by atoms with van der Waals surface area (Å²) < 4.78 is 5.54. The van der Waals surface area contributed by atoms with E-state index in [9.17, 15) is 9.59 Å². The number of nitrogens with two attached hydrogens (primary N) is 1. The topological polar surface area (TPSA) is 94.3 Å². The van der Waals surface area contributed by atoms with Crippen molar-refractivity contribution in [2.45, 2.75) is 33.2 Å². The maximum atomic E-state index is 12.3. The van der Waals surface area contributed by atoms with Gasteiger partial charge in [-0.2, -0.15) is 0 Å². The van der Waals surface area contributed by atoms with Crippen LogP contribution in [0.5, 0.6) is 5.75 Å². The number of thiazole rings is 1. The second-order valence-electron chi connectivity index (χ2n) is 7.20. The third kappa shape index (κ3) is 5.67. The average molecular weight is 424 g/mol. The number of amides is 2. The second-order valence-corrected chi connectivity index (χ2v) is 8.23. The van der Waals surface area contributed by atoms with Crippen LogP contribution >= 0.6 is 11.3 Å². The predicted octanol–water partition coefficient (Wildman–Crippen LogP) is 3.71. The van der Waals surface area contributed by atoms with E-state index in [1.54, 1.807) is 35.6 Å². The molecule has 2 aromatic carbocycles. The van der Waals surface area contributed by atoms with Gasteiger partial charge in [-0.05, 0) is 38.5 Å². The zero-order valence-corrected chi connectivity index (χ0v) is 18.1. The van der Waals surface area contributed by atoms with E-state index in [0.29, 0.717) is 5.75 Å². The lowest BCUT2D eigenvalue weighted by atomic mass is 10.1. The van der Waals surface area contributed by atoms with Gasteiger partial charge in [-0.15, -0.1) is 11.3 Å². The first kappa shape index (κ1) is 21.5. The number of hydrogen-bond donors (Lipinski definition) is 2. The van der Waals surface area contributed by atoms with Gasteiger partial charge in [0.25, 0.3) is 5.91 Å². The SMILES string of the molecule is Cc1ccc(-c2nc(C)c(C(C)NC(=O)COc3ccc(CC(N)=O)cc3)s2)cc1. The number of benzene rings is 2. The molecule has 7 heteroatoms. The van der Waals surface area contributed by atoms with Crippen molar-refractivity contribution in [1.82, 2.24) is 10.3 Å². The summed E-state index contributed by atoms with van der Waals surface area (Å²) in [6.45, 7) is 5.85. The van der Waals surface area contributed by atoms with Crippen LogP contribution in [-0.4, -0.2) is 23.4 Å². The number of carbonyl (C=O) groups excluding carboxylic acids is 2. The Morgan fingerprint density at radius 1 is 1.10 bits per heavy atom. The number of hydrogen-bond acceptors (Lipinski definition) is 5. The summed E-state index contributed by atoms with van der Waals surface area (Å²) >= 11 is 1.59. The Morgan fingerprint density at radius 3 is 2.40 bits per heavy atom. The number of ether oxygens (including phenoxy) is 1. The quantitative estimate of drug-likeness (QED) is 0.577. The van der Waals surface area contributed by atoms with E-state index in [4.69, 9.17) is 10.5 Å². The van der Waals surface area contributed by atoms with Gasteiger partial charge in [0.1, 0.15) is 10.8 Å². The lowest BCUT2D eigenvalue weighted by Gasteiger charge is -2.13. The monoisotopic (exact) mass is 423 g/mol. The first-order valence-electron chi connectivity index (χ1n) is 9.65. The Balaban J connectivity index is 1.56. The third-order valence-corrected chi connectivity index (χ3v) is 5.96. The van der Waals surface area contributed by atoms with Gasteiger partial charge in [-0.25, -0.2) is 4.98 Å². The molecular weight excluding hydrogens is 398 g/mol. The molecule has 6 nitrogen and oxygen atoms in total. The summed E-state index contributed by atoms with van der Waals surface area (Å²) in [5.74, 6) is -0.0454. The molecule has 3 aromatic rings. The van der Waals surface area contributed by atoms with E-state index in [1.807, 2.05) is 13.8 Å². The van der Waals surface area contributed by atoms with Crippen LogP contribution in [0, 0.1) is 13.8 Å². The normalized spacial score (nSPS) is 11.7. The van der Waals surface area contributed by atoms with Gasteiger partial charge in [0.2, 0.25) is 5.91 Å². The minimum absolute atomic E-state index is 0.0951. The number of aromatic nitrogens is 1. The van der Waals surface area contributed by atoms with Crippen molar-refractivity contribution in [3.63, 3.8) is 0 Å². The van der Waals surface area contributed by atoms with Crippen LogP contribution < -0.4 is 15.8 Å². The third-order valence-electron chi connectivity index (χ3n) is 4.57. The summed E-state index contributed by atoms with van der Waals surface area (Å²) in [4.78, 5) is 29.0. The molecule has 0 radical (unpaired) electrons. The Morgan fingerprint density at radius 2 is 1.77 bits per heavy atom. The van der Waals surface area contributed by atoms with E-state index >= 15 is 0 Å². The van der Waals surface area contributed by atoms with E-state index in [2.05, 4.69) is 41.5 Å². The molecular formula is C23H25N3O3S. The van der Waals surface area contributed by atoms with Crippen molar-refractivity contribution in [3.8, 4) is 16.3 Å². The number of carbonyl (C=O) groups is 2. The van der Waals surface area contributed by atoms with Crippen LogP contribution in [-0.2, 0) is 16.0 Å². The summed E-state index contributed by atoms with van der Waals surface area (Å²) in [7, 11) is 0. The molecule has 0 fully saturated rings. The number of nitrogens with one attached hydrogen (secondary N) is 1. The van der Waals surface area contributed by atoms with Gasteiger partial charge in [-0.3, -0.25) is 9.59 Å². The summed E-state index contributed by atoms with van der Waals surface area (Å²) in [5.41, 5.74) is 9.17. The van der Waals surface area contributed by atoms with Crippen LogP contribution in [0.3, 0.4) is 0 Å².